The van der Waals surface area contributed by atoms with Crippen LogP contribution in [-0.4, -0.2) is 17.1 Å². The molecule has 2 aromatic carbocycles. The summed E-state index contributed by atoms with van der Waals surface area (Å²) in [5.74, 6) is 0.196. The molecule has 0 bridgehead atoms. The lowest BCUT2D eigenvalue weighted by atomic mass is 9.72. The van der Waals surface area contributed by atoms with E-state index in [9.17, 15) is 14.9 Å². The highest BCUT2D eigenvalue weighted by molar-refractivity contribution is 8.00. The molecule has 5 nitrogen and oxygen atoms in total. The van der Waals surface area contributed by atoms with E-state index in [1.54, 1.807) is 35.6 Å². The minimum Gasteiger partial charge on any atom is -0.322 e. The molecule has 1 aliphatic rings. The molecule has 0 saturated carbocycles. The maximum absolute atomic E-state index is 13.3. The number of anilines is 2. The Hall–Kier alpha value is -2.79. The van der Waals surface area contributed by atoms with E-state index in [4.69, 9.17) is 11.6 Å². The van der Waals surface area contributed by atoms with Gasteiger partial charge in [-0.2, -0.15) is 5.26 Å². The standard InChI is InChI=1S/C30H32ClN3O2S2/c1-5-25(37-22-11-7-10-21(16-22)33-27(35)18-8-6-9-20(31)14-18)28(36)34-29-24(17-32)23-13-12-19(30(2,3)4)15-26(23)38-29/h6-11,14,16,19,25H,5,12-13,15H2,1-4H3,(H,33,35)(H,34,36). The van der Waals surface area contributed by atoms with Crippen molar-refractivity contribution in [2.24, 2.45) is 11.3 Å². The lowest BCUT2D eigenvalue weighted by Gasteiger charge is -2.33. The number of thioether (sulfide) groups is 1. The molecule has 4 rings (SSSR count). The largest absolute Gasteiger partial charge is 0.322 e. The number of rotatable bonds is 7. The van der Waals surface area contributed by atoms with Gasteiger partial charge in [0.2, 0.25) is 5.91 Å². The zero-order valence-corrected chi connectivity index (χ0v) is 24.4. The fourth-order valence-electron chi connectivity index (χ4n) is 4.69. The Morgan fingerprint density at radius 1 is 1.18 bits per heavy atom. The van der Waals surface area contributed by atoms with Crippen LogP contribution in [0.1, 0.15) is 66.9 Å². The molecule has 198 valence electrons. The van der Waals surface area contributed by atoms with Crippen LogP contribution in [0.25, 0.3) is 0 Å². The van der Waals surface area contributed by atoms with E-state index < -0.39 is 0 Å². The van der Waals surface area contributed by atoms with Gasteiger partial charge >= 0.3 is 0 Å². The number of thiophene rings is 1. The zero-order valence-electron chi connectivity index (χ0n) is 22.1. The summed E-state index contributed by atoms with van der Waals surface area (Å²) >= 11 is 9.01. The van der Waals surface area contributed by atoms with E-state index >= 15 is 0 Å². The zero-order chi connectivity index (χ0) is 27.4. The van der Waals surface area contributed by atoms with Crippen LogP contribution in [0.5, 0.6) is 0 Å². The summed E-state index contributed by atoms with van der Waals surface area (Å²) in [4.78, 5) is 28.0. The first-order chi connectivity index (χ1) is 18.1. The van der Waals surface area contributed by atoms with Gasteiger partial charge in [0.25, 0.3) is 5.91 Å². The lowest BCUT2D eigenvalue weighted by Crippen LogP contribution is -2.26. The lowest BCUT2D eigenvalue weighted by molar-refractivity contribution is -0.115. The van der Waals surface area contributed by atoms with E-state index in [-0.39, 0.29) is 22.5 Å². The second-order valence-corrected chi connectivity index (χ2v) is 13.4. The SMILES string of the molecule is CCC(Sc1cccc(NC(=O)c2cccc(Cl)c2)c1)C(=O)Nc1sc2c(c1C#N)CCC(C(C)(C)C)C2. The number of nitrogens with one attached hydrogen (secondary N) is 2. The average molecular weight is 566 g/mol. The first-order valence-electron chi connectivity index (χ1n) is 12.8. The number of fused-ring (bicyclic) bond motifs is 1. The number of hydrogen-bond acceptors (Lipinski definition) is 5. The minimum absolute atomic E-state index is 0.117. The summed E-state index contributed by atoms with van der Waals surface area (Å²) in [5, 5.41) is 16.7. The topological polar surface area (TPSA) is 82.0 Å². The third-order valence-electron chi connectivity index (χ3n) is 6.96. The van der Waals surface area contributed by atoms with Gasteiger partial charge in [0.05, 0.1) is 10.8 Å². The predicted octanol–water partition coefficient (Wildman–Crippen LogP) is 8.19. The number of nitriles is 1. The summed E-state index contributed by atoms with van der Waals surface area (Å²) in [6, 6.07) is 16.6. The van der Waals surface area contributed by atoms with Crippen LogP contribution >= 0.6 is 34.7 Å². The summed E-state index contributed by atoms with van der Waals surface area (Å²) < 4.78 is 0. The predicted molar refractivity (Wildman–Crippen MR) is 158 cm³/mol. The molecular weight excluding hydrogens is 534 g/mol. The van der Waals surface area contributed by atoms with Crippen LogP contribution in [0.15, 0.2) is 53.4 Å². The van der Waals surface area contributed by atoms with Crippen molar-refractivity contribution >= 4 is 57.2 Å². The number of amides is 2. The van der Waals surface area contributed by atoms with Crippen molar-refractivity contribution in [2.45, 2.75) is 63.5 Å². The molecule has 0 saturated heterocycles. The van der Waals surface area contributed by atoms with E-state index in [0.29, 0.717) is 39.2 Å². The highest BCUT2D eigenvalue weighted by Crippen LogP contribution is 2.44. The molecule has 1 heterocycles. The second kappa shape index (κ2) is 11.9. The van der Waals surface area contributed by atoms with Gasteiger partial charge in [-0.05, 0) is 79.0 Å². The Bertz CT molecular complexity index is 1390. The quantitative estimate of drug-likeness (QED) is 0.283. The maximum Gasteiger partial charge on any atom is 0.255 e. The number of benzene rings is 2. The van der Waals surface area contributed by atoms with E-state index in [1.165, 1.54) is 16.6 Å². The summed E-state index contributed by atoms with van der Waals surface area (Å²) in [6.07, 6.45) is 3.52. The second-order valence-electron chi connectivity index (χ2n) is 10.6. The molecule has 0 fully saturated rings. The van der Waals surface area contributed by atoms with Crippen LogP contribution in [-0.2, 0) is 17.6 Å². The number of nitrogens with zero attached hydrogens (tertiary/aromatic N) is 1. The first-order valence-corrected chi connectivity index (χ1v) is 14.9. The fourth-order valence-corrected chi connectivity index (χ4v) is 7.17. The third-order valence-corrected chi connectivity index (χ3v) is 9.72. The molecule has 0 aliphatic heterocycles. The van der Waals surface area contributed by atoms with E-state index in [0.717, 1.165) is 29.7 Å². The van der Waals surface area contributed by atoms with Crippen molar-refractivity contribution in [2.75, 3.05) is 10.6 Å². The molecule has 1 aromatic heterocycles. The molecule has 1 aliphatic carbocycles. The van der Waals surface area contributed by atoms with E-state index in [2.05, 4.69) is 37.5 Å². The molecule has 2 amide bonds. The molecule has 2 N–H and O–H groups in total. The van der Waals surface area contributed by atoms with Crippen LogP contribution in [0.3, 0.4) is 0 Å². The molecule has 3 aromatic rings. The smallest absolute Gasteiger partial charge is 0.255 e. The Morgan fingerprint density at radius 3 is 2.63 bits per heavy atom. The van der Waals surface area contributed by atoms with Gasteiger partial charge in [-0.1, -0.05) is 51.4 Å². The molecule has 38 heavy (non-hydrogen) atoms. The van der Waals surface area contributed by atoms with Gasteiger partial charge in [-0.25, -0.2) is 0 Å². The van der Waals surface area contributed by atoms with Gasteiger partial charge < -0.3 is 10.6 Å². The number of halogens is 1. The molecule has 2 unspecified atom stereocenters. The fraction of sp³-hybridized carbons (Fsp3) is 0.367. The summed E-state index contributed by atoms with van der Waals surface area (Å²) in [5.41, 5.74) is 3.06. The Balaban J connectivity index is 1.45. The van der Waals surface area contributed by atoms with Gasteiger partial charge in [-0.15, -0.1) is 23.1 Å². The summed E-state index contributed by atoms with van der Waals surface area (Å²) in [7, 11) is 0. The van der Waals surface area contributed by atoms with Crippen LogP contribution < -0.4 is 10.6 Å². The van der Waals surface area contributed by atoms with Crippen LogP contribution in [0.2, 0.25) is 5.02 Å². The first kappa shape index (κ1) is 28.2. The monoisotopic (exact) mass is 565 g/mol. The van der Waals surface area contributed by atoms with Crippen molar-refractivity contribution in [1.82, 2.24) is 0 Å². The van der Waals surface area contributed by atoms with Crippen molar-refractivity contribution in [1.29, 1.82) is 5.26 Å². The van der Waals surface area contributed by atoms with Crippen molar-refractivity contribution in [3.8, 4) is 6.07 Å². The van der Waals surface area contributed by atoms with Crippen molar-refractivity contribution in [3.05, 3.63) is 75.1 Å². The van der Waals surface area contributed by atoms with Crippen molar-refractivity contribution < 1.29 is 9.59 Å². The van der Waals surface area contributed by atoms with Gasteiger partial charge in [0, 0.05) is 26.0 Å². The third kappa shape index (κ3) is 6.61. The molecule has 0 radical (unpaired) electrons. The van der Waals surface area contributed by atoms with Gasteiger partial charge in [-0.3, -0.25) is 9.59 Å². The van der Waals surface area contributed by atoms with Crippen LogP contribution in [0.4, 0.5) is 10.7 Å². The average Bonchev–Trinajstić information content (AvgIpc) is 3.23. The summed E-state index contributed by atoms with van der Waals surface area (Å²) in [6.45, 7) is 8.78. The molecule has 8 heteroatoms. The van der Waals surface area contributed by atoms with Gasteiger partial charge in [0.1, 0.15) is 11.1 Å². The maximum atomic E-state index is 13.3. The Morgan fingerprint density at radius 2 is 1.95 bits per heavy atom. The molecule has 2 atom stereocenters. The van der Waals surface area contributed by atoms with Gasteiger partial charge in [0.15, 0.2) is 0 Å². The molecule has 0 spiro atoms. The highest BCUT2D eigenvalue weighted by Gasteiger charge is 2.33. The number of carbonyl (C=O) groups is 2. The normalized spacial score (nSPS) is 15.7. The highest BCUT2D eigenvalue weighted by atomic mass is 35.5. The van der Waals surface area contributed by atoms with Crippen molar-refractivity contribution in [3.63, 3.8) is 0 Å². The number of carbonyl (C=O) groups excluding carboxylic acids is 2. The minimum atomic E-state index is -0.345. The van der Waals surface area contributed by atoms with Crippen LogP contribution in [0, 0.1) is 22.7 Å². The van der Waals surface area contributed by atoms with E-state index in [1.807, 2.05) is 31.2 Å². The Kier molecular flexibility index (Phi) is 8.87. The molecular formula is C30H32ClN3O2S2. The number of hydrogen-bond donors (Lipinski definition) is 2. The Labute approximate surface area is 238 Å².